The number of aliphatic hydroxyl groups excluding tert-OH is 1. The van der Waals surface area contributed by atoms with Crippen LogP contribution in [0.2, 0.25) is 0 Å². The van der Waals surface area contributed by atoms with Crippen LogP contribution in [0, 0.1) is 0 Å². The fourth-order valence-electron chi connectivity index (χ4n) is 2.16. The van der Waals surface area contributed by atoms with Crippen LogP contribution in [0.15, 0.2) is 47.1 Å². The summed E-state index contributed by atoms with van der Waals surface area (Å²) in [5, 5.41) is 9.90. The number of likely N-dealkylation sites (N-methyl/N-ethyl adjacent to an activating group) is 1. The van der Waals surface area contributed by atoms with Gasteiger partial charge in [0.05, 0.1) is 6.10 Å². The minimum absolute atomic E-state index is 0.486. The molecule has 0 radical (unpaired) electrons. The second-order valence-corrected chi connectivity index (χ2v) is 5.79. The number of benzene rings is 1. The van der Waals surface area contributed by atoms with Crippen molar-refractivity contribution in [1.29, 1.82) is 0 Å². The first-order valence-corrected chi connectivity index (χ1v) is 7.46. The van der Waals surface area contributed by atoms with Gasteiger partial charge in [-0.25, -0.2) is 0 Å². The first-order chi connectivity index (χ1) is 9.58. The number of halogens is 1. The van der Waals surface area contributed by atoms with E-state index in [2.05, 4.69) is 25.8 Å². The first-order valence-electron chi connectivity index (χ1n) is 6.66. The molecule has 20 heavy (non-hydrogen) atoms. The van der Waals surface area contributed by atoms with E-state index in [9.17, 15) is 5.11 Å². The second-order valence-electron chi connectivity index (χ2n) is 4.87. The van der Waals surface area contributed by atoms with Crippen molar-refractivity contribution in [2.75, 3.05) is 18.5 Å². The van der Waals surface area contributed by atoms with Crippen molar-refractivity contribution < 1.29 is 5.11 Å². The maximum Gasteiger partial charge on any atom is 0.0782 e. The van der Waals surface area contributed by atoms with Gasteiger partial charge in [-0.1, -0.05) is 22.0 Å². The van der Waals surface area contributed by atoms with Crippen molar-refractivity contribution in [2.45, 2.75) is 19.4 Å². The number of hydrogen-bond acceptors (Lipinski definition) is 3. The van der Waals surface area contributed by atoms with Crippen molar-refractivity contribution in [3.05, 3.63) is 58.3 Å². The van der Waals surface area contributed by atoms with Gasteiger partial charge < -0.3 is 10.0 Å². The molecule has 2 rings (SSSR count). The molecule has 1 aromatic carbocycles. The molecule has 106 valence electrons. The van der Waals surface area contributed by atoms with Crippen LogP contribution in [0.1, 0.15) is 24.3 Å². The monoisotopic (exact) mass is 334 g/mol. The Balaban J connectivity index is 2.11. The second kappa shape index (κ2) is 6.86. The van der Waals surface area contributed by atoms with Crippen molar-refractivity contribution in [3.63, 3.8) is 0 Å². The Morgan fingerprint density at radius 3 is 2.75 bits per heavy atom. The van der Waals surface area contributed by atoms with Crippen molar-refractivity contribution in [2.24, 2.45) is 0 Å². The van der Waals surface area contributed by atoms with Crippen LogP contribution in [0.3, 0.4) is 0 Å². The summed E-state index contributed by atoms with van der Waals surface area (Å²) in [4.78, 5) is 6.49. The van der Waals surface area contributed by atoms with E-state index in [1.54, 1.807) is 6.92 Å². The van der Waals surface area contributed by atoms with Crippen LogP contribution in [0.5, 0.6) is 0 Å². The lowest BCUT2D eigenvalue weighted by Crippen LogP contribution is -2.22. The molecule has 0 fully saturated rings. The van der Waals surface area contributed by atoms with Gasteiger partial charge in [0.2, 0.25) is 0 Å². The van der Waals surface area contributed by atoms with Crippen LogP contribution in [0.25, 0.3) is 0 Å². The minimum atomic E-state index is -0.486. The molecule has 1 heterocycles. The average molecular weight is 335 g/mol. The summed E-state index contributed by atoms with van der Waals surface area (Å²) in [6, 6.07) is 12.0. The minimum Gasteiger partial charge on any atom is -0.389 e. The third-order valence-electron chi connectivity index (χ3n) is 3.28. The molecular weight excluding hydrogens is 316 g/mol. The highest BCUT2D eigenvalue weighted by molar-refractivity contribution is 9.10. The van der Waals surface area contributed by atoms with Crippen molar-refractivity contribution >= 4 is 21.6 Å². The lowest BCUT2D eigenvalue weighted by molar-refractivity contribution is 0.199. The summed E-state index contributed by atoms with van der Waals surface area (Å²) >= 11 is 3.45. The molecule has 0 aliphatic rings. The predicted octanol–water partition coefficient (Wildman–Crippen LogP) is 3.58. The topological polar surface area (TPSA) is 36.4 Å². The zero-order valence-electron chi connectivity index (χ0n) is 11.8. The van der Waals surface area contributed by atoms with E-state index in [1.807, 2.05) is 49.6 Å². The molecule has 1 N–H and O–H groups in total. The third kappa shape index (κ3) is 3.81. The lowest BCUT2D eigenvalue weighted by Gasteiger charge is -2.23. The number of aromatic nitrogens is 1. The number of hydrogen-bond donors (Lipinski definition) is 1. The van der Waals surface area contributed by atoms with Gasteiger partial charge in [-0.15, -0.1) is 0 Å². The summed E-state index contributed by atoms with van der Waals surface area (Å²) in [6.45, 7) is 2.65. The van der Waals surface area contributed by atoms with Gasteiger partial charge in [-0.05, 0) is 37.3 Å². The smallest absolute Gasteiger partial charge is 0.0782 e. The van der Waals surface area contributed by atoms with Crippen LogP contribution in [-0.2, 0) is 6.42 Å². The molecule has 1 unspecified atom stereocenters. The molecule has 0 spiro atoms. The van der Waals surface area contributed by atoms with Crippen molar-refractivity contribution in [3.8, 4) is 0 Å². The fraction of sp³-hybridized carbons (Fsp3) is 0.312. The highest BCUT2D eigenvalue weighted by Gasteiger charge is 2.12. The Morgan fingerprint density at radius 2 is 2.10 bits per heavy atom. The molecular formula is C16H19BrN2O. The maximum atomic E-state index is 9.90. The van der Waals surface area contributed by atoms with Gasteiger partial charge in [0.1, 0.15) is 0 Å². The molecule has 0 aliphatic carbocycles. The van der Waals surface area contributed by atoms with Crippen molar-refractivity contribution in [1.82, 2.24) is 4.98 Å². The van der Waals surface area contributed by atoms with Gasteiger partial charge in [0.25, 0.3) is 0 Å². The van der Waals surface area contributed by atoms with E-state index < -0.39 is 6.10 Å². The largest absolute Gasteiger partial charge is 0.389 e. The Kier molecular flexibility index (Phi) is 5.15. The van der Waals surface area contributed by atoms with E-state index in [-0.39, 0.29) is 0 Å². The van der Waals surface area contributed by atoms with Crippen LogP contribution in [0.4, 0.5) is 5.69 Å². The zero-order valence-corrected chi connectivity index (χ0v) is 13.3. The van der Waals surface area contributed by atoms with Gasteiger partial charge >= 0.3 is 0 Å². The molecule has 2 aromatic rings. The molecule has 1 atom stereocenters. The maximum absolute atomic E-state index is 9.90. The SMILES string of the molecule is CC(O)c1cc(Br)ccc1N(C)CCc1ccccn1. The zero-order chi connectivity index (χ0) is 14.5. The normalized spacial score (nSPS) is 12.2. The van der Waals surface area contributed by atoms with Crippen LogP contribution < -0.4 is 4.90 Å². The first kappa shape index (κ1) is 15.0. The Bertz CT molecular complexity index is 558. The quantitative estimate of drug-likeness (QED) is 0.907. The molecule has 0 aliphatic heterocycles. The molecule has 0 bridgehead atoms. The number of anilines is 1. The van der Waals surface area contributed by atoms with Gasteiger partial charge in [-0.2, -0.15) is 0 Å². The van der Waals surface area contributed by atoms with Crippen LogP contribution >= 0.6 is 15.9 Å². The lowest BCUT2D eigenvalue weighted by atomic mass is 10.1. The molecule has 0 saturated heterocycles. The van der Waals surface area contributed by atoms with Gasteiger partial charge in [-0.3, -0.25) is 4.98 Å². The van der Waals surface area contributed by atoms with Gasteiger partial charge in [0, 0.05) is 47.6 Å². The van der Waals surface area contributed by atoms with E-state index in [4.69, 9.17) is 0 Å². The summed E-state index contributed by atoms with van der Waals surface area (Å²) in [7, 11) is 2.04. The van der Waals surface area contributed by atoms with E-state index >= 15 is 0 Å². The standard InChI is InChI=1S/C16H19BrN2O/c1-12(20)15-11-13(17)6-7-16(15)19(2)10-8-14-5-3-4-9-18-14/h3-7,9,11-12,20H,8,10H2,1-2H3. The Labute approximate surface area is 128 Å². The molecule has 0 saturated carbocycles. The molecule has 1 aromatic heterocycles. The molecule has 3 nitrogen and oxygen atoms in total. The average Bonchev–Trinajstić information content (AvgIpc) is 2.45. The summed E-state index contributed by atoms with van der Waals surface area (Å²) in [5.41, 5.74) is 3.07. The number of pyridine rings is 1. The third-order valence-corrected chi connectivity index (χ3v) is 3.77. The number of nitrogens with zero attached hydrogens (tertiary/aromatic N) is 2. The predicted molar refractivity (Wildman–Crippen MR) is 86.0 cm³/mol. The van der Waals surface area contributed by atoms with E-state index in [0.29, 0.717) is 0 Å². The summed E-state index contributed by atoms with van der Waals surface area (Å²) in [5.74, 6) is 0. The Hall–Kier alpha value is -1.39. The van der Waals surface area contributed by atoms with Crippen LogP contribution in [-0.4, -0.2) is 23.7 Å². The highest BCUT2D eigenvalue weighted by Crippen LogP contribution is 2.28. The molecule has 0 amide bonds. The highest BCUT2D eigenvalue weighted by atomic mass is 79.9. The summed E-state index contributed by atoms with van der Waals surface area (Å²) < 4.78 is 0.982. The fourth-order valence-corrected chi connectivity index (χ4v) is 2.54. The molecule has 4 heteroatoms. The number of aliphatic hydroxyl groups is 1. The summed E-state index contributed by atoms with van der Waals surface area (Å²) in [6.07, 6.45) is 2.21. The van der Waals surface area contributed by atoms with E-state index in [0.717, 1.165) is 34.4 Å². The Morgan fingerprint density at radius 1 is 1.30 bits per heavy atom. The van der Waals surface area contributed by atoms with E-state index in [1.165, 1.54) is 0 Å². The van der Waals surface area contributed by atoms with Gasteiger partial charge in [0.15, 0.2) is 0 Å². The number of rotatable bonds is 5.